The van der Waals surface area contributed by atoms with Crippen molar-refractivity contribution in [3.8, 4) is 0 Å². The average Bonchev–Trinajstić information content (AvgIpc) is 3.00. The molecule has 0 spiro atoms. The van der Waals surface area contributed by atoms with Crippen LogP contribution in [0.1, 0.15) is 99.8 Å². The summed E-state index contributed by atoms with van der Waals surface area (Å²) in [5, 5.41) is 0. The molecule has 0 N–H and O–H groups in total. The quantitative estimate of drug-likeness (QED) is 0.203. The fraction of sp³-hybridized carbons (Fsp3) is 0.793. The first-order valence-electron chi connectivity index (χ1n) is 12.9. The lowest BCUT2D eigenvalue weighted by Crippen LogP contribution is -2.55. The highest BCUT2D eigenvalue weighted by Gasteiger charge is 2.63. The third kappa shape index (κ3) is 3.20. The number of rotatable bonds is 4. The molecule has 32 heavy (non-hydrogen) atoms. The lowest BCUT2D eigenvalue weighted by Gasteiger charge is -2.62. The monoisotopic (exact) mass is 440 g/mol. The van der Waals surface area contributed by atoms with Crippen LogP contribution in [0.5, 0.6) is 0 Å². The molecule has 2 saturated carbocycles. The van der Waals surface area contributed by atoms with Crippen LogP contribution in [-0.2, 0) is 14.3 Å². The van der Waals surface area contributed by atoms with Crippen LogP contribution in [0, 0.1) is 39.4 Å². The molecule has 0 radical (unpaired) electrons. The molecule has 0 aromatic rings. The van der Waals surface area contributed by atoms with Crippen molar-refractivity contribution >= 4 is 12.3 Å². The van der Waals surface area contributed by atoms with Crippen molar-refractivity contribution in [2.75, 3.05) is 0 Å². The van der Waals surface area contributed by atoms with Crippen molar-refractivity contribution in [2.45, 2.75) is 106 Å². The average molecular weight is 441 g/mol. The van der Waals surface area contributed by atoms with Crippen LogP contribution < -0.4 is 0 Å². The molecule has 2 fully saturated rings. The Bertz CT molecular complexity index is 850. The van der Waals surface area contributed by atoms with Gasteiger partial charge in [0.25, 0.3) is 0 Å². The first-order chi connectivity index (χ1) is 14.9. The van der Waals surface area contributed by atoms with E-state index in [4.69, 9.17) is 4.74 Å². The fourth-order valence-corrected chi connectivity index (χ4v) is 9.31. The molecule has 4 aliphatic carbocycles. The summed E-state index contributed by atoms with van der Waals surface area (Å²) >= 11 is 0. The Hall–Kier alpha value is -1.38. The van der Waals surface area contributed by atoms with Gasteiger partial charge in [0, 0.05) is 12.3 Å². The van der Waals surface area contributed by atoms with Gasteiger partial charge in [-0.1, -0.05) is 58.8 Å². The standard InChI is InChI=1S/C29H44O3/c1-19(9-8-18-30)21-12-16-29(7)23-10-11-24-26(3,4)25(32-20(2)31)14-15-27(24,5)22(23)13-17-28(21,29)6/h8-9,18-19,21,24-25H,10-17H2,1-7H3/b9-8+/t19-,21-,24+,25+,27-,28-,29+/m1/s1. The zero-order valence-electron chi connectivity index (χ0n) is 21.4. The van der Waals surface area contributed by atoms with E-state index < -0.39 is 0 Å². The molecular formula is C29H44O3. The van der Waals surface area contributed by atoms with Crippen LogP contribution in [0.4, 0.5) is 0 Å². The molecular weight excluding hydrogens is 396 g/mol. The Balaban J connectivity index is 1.70. The Morgan fingerprint density at radius 2 is 1.72 bits per heavy atom. The van der Waals surface area contributed by atoms with Gasteiger partial charge in [0.15, 0.2) is 0 Å². The summed E-state index contributed by atoms with van der Waals surface area (Å²) in [7, 11) is 0. The van der Waals surface area contributed by atoms with Crippen LogP contribution in [-0.4, -0.2) is 18.4 Å². The topological polar surface area (TPSA) is 43.4 Å². The molecule has 0 amide bonds. The van der Waals surface area contributed by atoms with E-state index in [2.05, 4.69) is 47.6 Å². The number of hydrogen-bond donors (Lipinski definition) is 0. The Kier molecular flexibility index (Phi) is 5.82. The van der Waals surface area contributed by atoms with Crippen LogP contribution in [0.2, 0.25) is 0 Å². The Morgan fingerprint density at radius 3 is 2.38 bits per heavy atom. The van der Waals surface area contributed by atoms with Gasteiger partial charge in [0.05, 0.1) is 0 Å². The van der Waals surface area contributed by atoms with Crippen molar-refractivity contribution in [1.29, 1.82) is 0 Å². The van der Waals surface area contributed by atoms with Gasteiger partial charge in [-0.05, 0) is 91.4 Å². The minimum absolute atomic E-state index is 0.00516. The first kappa shape index (κ1) is 23.8. The van der Waals surface area contributed by atoms with E-state index in [1.54, 1.807) is 24.1 Å². The van der Waals surface area contributed by atoms with Gasteiger partial charge in [-0.15, -0.1) is 0 Å². The normalized spacial score (nSPS) is 43.9. The first-order valence-corrected chi connectivity index (χ1v) is 12.9. The molecule has 4 rings (SSSR count). The van der Waals surface area contributed by atoms with Crippen molar-refractivity contribution in [2.24, 2.45) is 39.4 Å². The van der Waals surface area contributed by atoms with Gasteiger partial charge in [0.2, 0.25) is 0 Å². The molecule has 0 bridgehead atoms. The molecule has 0 heterocycles. The molecule has 0 aromatic heterocycles. The maximum atomic E-state index is 11.8. The summed E-state index contributed by atoms with van der Waals surface area (Å²) < 4.78 is 5.83. The van der Waals surface area contributed by atoms with Gasteiger partial charge >= 0.3 is 5.97 Å². The summed E-state index contributed by atoms with van der Waals surface area (Å²) in [6.45, 7) is 16.2. The number of carbonyl (C=O) groups is 2. The number of fused-ring (bicyclic) bond motifs is 4. The second kappa shape index (κ2) is 7.84. The zero-order chi connectivity index (χ0) is 23.5. The minimum Gasteiger partial charge on any atom is -0.462 e. The summed E-state index contributed by atoms with van der Waals surface area (Å²) in [4.78, 5) is 22.7. The number of aldehydes is 1. The summed E-state index contributed by atoms with van der Waals surface area (Å²) in [6.07, 6.45) is 14.3. The van der Waals surface area contributed by atoms with Crippen LogP contribution in [0.15, 0.2) is 23.3 Å². The molecule has 178 valence electrons. The number of hydrogen-bond acceptors (Lipinski definition) is 3. The van der Waals surface area contributed by atoms with Crippen molar-refractivity contribution in [1.82, 2.24) is 0 Å². The molecule has 0 aliphatic heterocycles. The summed E-state index contributed by atoms with van der Waals surface area (Å²) in [6, 6.07) is 0. The number of ether oxygens (including phenoxy) is 1. The minimum atomic E-state index is -0.141. The smallest absolute Gasteiger partial charge is 0.302 e. The summed E-state index contributed by atoms with van der Waals surface area (Å²) in [5.41, 5.74) is 4.33. The Morgan fingerprint density at radius 1 is 1.00 bits per heavy atom. The van der Waals surface area contributed by atoms with E-state index in [9.17, 15) is 9.59 Å². The predicted molar refractivity (Wildman–Crippen MR) is 129 cm³/mol. The van der Waals surface area contributed by atoms with E-state index in [0.717, 1.165) is 19.1 Å². The van der Waals surface area contributed by atoms with E-state index >= 15 is 0 Å². The lowest BCUT2D eigenvalue weighted by atomic mass is 9.43. The molecule has 0 unspecified atom stereocenters. The molecule has 0 saturated heterocycles. The molecule has 3 heteroatoms. The van der Waals surface area contributed by atoms with Crippen molar-refractivity contribution in [3.05, 3.63) is 23.3 Å². The lowest BCUT2D eigenvalue weighted by molar-refractivity contribution is -0.167. The highest BCUT2D eigenvalue weighted by atomic mass is 16.5. The SMILES string of the molecule is CC(=O)O[C@H]1CC[C@]2(C)C3=C(CC[C@H]2C1(C)C)[C@]1(C)CC[C@H]([C@H](C)/C=C/C=O)[C@@]1(C)CC3. The predicted octanol–water partition coefficient (Wildman–Crippen LogP) is 7.06. The van der Waals surface area contributed by atoms with Crippen molar-refractivity contribution in [3.63, 3.8) is 0 Å². The van der Waals surface area contributed by atoms with Gasteiger partial charge < -0.3 is 4.74 Å². The number of allylic oxidation sites excluding steroid dienone is 4. The van der Waals surface area contributed by atoms with Crippen LogP contribution in [0.3, 0.4) is 0 Å². The molecule has 4 aliphatic rings. The number of esters is 1. The fourth-order valence-electron chi connectivity index (χ4n) is 9.31. The third-order valence-electron chi connectivity index (χ3n) is 11.2. The largest absolute Gasteiger partial charge is 0.462 e. The van der Waals surface area contributed by atoms with E-state index in [-0.39, 0.29) is 28.3 Å². The maximum absolute atomic E-state index is 11.8. The molecule has 3 nitrogen and oxygen atoms in total. The van der Waals surface area contributed by atoms with Crippen molar-refractivity contribution < 1.29 is 14.3 Å². The van der Waals surface area contributed by atoms with E-state index in [0.29, 0.717) is 23.2 Å². The van der Waals surface area contributed by atoms with Crippen LogP contribution >= 0.6 is 0 Å². The van der Waals surface area contributed by atoms with E-state index in [1.165, 1.54) is 38.5 Å². The van der Waals surface area contributed by atoms with Gasteiger partial charge in [-0.25, -0.2) is 0 Å². The highest BCUT2D eigenvalue weighted by molar-refractivity contribution is 5.66. The third-order valence-corrected chi connectivity index (χ3v) is 11.2. The second-order valence-electron chi connectivity index (χ2n) is 12.7. The zero-order valence-corrected chi connectivity index (χ0v) is 21.4. The van der Waals surface area contributed by atoms with Gasteiger partial charge in [-0.3, -0.25) is 9.59 Å². The highest BCUT2D eigenvalue weighted by Crippen LogP contribution is 2.72. The maximum Gasteiger partial charge on any atom is 0.302 e. The number of carbonyl (C=O) groups excluding carboxylic acids is 2. The molecule has 7 atom stereocenters. The Labute approximate surface area is 195 Å². The van der Waals surface area contributed by atoms with E-state index in [1.807, 2.05) is 0 Å². The van der Waals surface area contributed by atoms with Crippen LogP contribution in [0.25, 0.3) is 0 Å². The molecule has 0 aromatic carbocycles. The van der Waals surface area contributed by atoms with Gasteiger partial charge in [-0.2, -0.15) is 0 Å². The second-order valence-corrected chi connectivity index (χ2v) is 12.7. The summed E-state index contributed by atoms with van der Waals surface area (Å²) in [5.74, 6) is 1.50. The van der Waals surface area contributed by atoms with Gasteiger partial charge in [0.1, 0.15) is 12.4 Å².